The SMILES string of the molecule is CC(C)(F)CN1CCc2cc(O)ccc2C1c1ccc(C(=O)N2CCN(CC(=O)NO)CC2)cc1. The maximum atomic E-state index is 14.6. The lowest BCUT2D eigenvalue weighted by Crippen LogP contribution is -2.50. The molecule has 3 N–H and O–H groups in total. The van der Waals surface area contributed by atoms with E-state index in [4.69, 9.17) is 5.21 Å². The number of aromatic hydroxyl groups is 1. The summed E-state index contributed by atoms with van der Waals surface area (Å²) in [6.07, 6.45) is 0.735. The van der Waals surface area contributed by atoms with Crippen LogP contribution in [0.15, 0.2) is 42.5 Å². The number of fused-ring (bicyclic) bond motifs is 1. The fourth-order valence-electron chi connectivity index (χ4n) is 5.05. The van der Waals surface area contributed by atoms with E-state index in [1.165, 1.54) is 0 Å². The monoisotopic (exact) mass is 484 g/mol. The third kappa shape index (κ3) is 5.98. The van der Waals surface area contributed by atoms with Crippen molar-refractivity contribution < 1.29 is 24.3 Å². The van der Waals surface area contributed by atoms with Crippen molar-refractivity contribution in [1.29, 1.82) is 0 Å². The normalized spacial score (nSPS) is 19.3. The molecule has 1 unspecified atom stereocenters. The molecule has 188 valence electrons. The number of alkyl halides is 1. The van der Waals surface area contributed by atoms with Crippen molar-refractivity contribution >= 4 is 11.8 Å². The van der Waals surface area contributed by atoms with Gasteiger partial charge in [0.25, 0.3) is 11.8 Å². The second-order valence-electron chi connectivity index (χ2n) is 9.95. The highest BCUT2D eigenvalue weighted by Crippen LogP contribution is 2.37. The molecule has 0 radical (unpaired) electrons. The lowest BCUT2D eigenvalue weighted by Gasteiger charge is -2.40. The summed E-state index contributed by atoms with van der Waals surface area (Å²) in [6, 6.07) is 12.7. The second kappa shape index (κ2) is 10.3. The summed E-state index contributed by atoms with van der Waals surface area (Å²) in [6.45, 7) is 6.30. The topological polar surface area (TPSA) is 96.4 Å². The van der Waals surface area contributed by atoms with E-state index in [9.17, 15) is 19.1 Å². The summed E-state index contributed by atoms with van der Waals surface area (Å²) in [4.78, 5) is 30.2. The van der Waals surface area contributed by atoms with Crippen LogP contribution in [0.2, 0.25) is 0 Å². The van der Waals surface area contributed by atoms with Gasteiger partial charge in [-0.05, 0) is 61.2 Å². The van der Waals surface area contributed by atoms with E-state index in [2.05, 4.69) is 4.90 Å². The van der Waals surface area contributed by atoms with E-state index in [-0.39, 0.29) is 30.8 Å². The van der Waals surface area contributed by atoms with Gasteiger partial charge in [0, 0.05) is 44.8 Å². The fraction of sp³-hybridized carbons (Fsp3) is 0.462. The first-order valence-corrected chi connectivity index (χ1v) is 11.9. The third-order valence-electron chi connectivity index (χ3n) is 6.66. The number of carbonyl (C=O) groups excluding carboxylic acids is 2. The number of hydrogen-bond donors (Lipinski definition) is 3. The summed E-state index contributed by atoms with van der Waals surface area (Å²) in [7, 11) is 0. The van der Waals surface area contributed by atoms with Crippen LogP contribution in [0.25, 0.3) is 0 Å². The minimum absolute atomic E-state index is 0.0708. The molecule has 2 aliphatic heterocycles. The molecule has 0 spiro atoms. The van der Waals surface area contributed by atoms with E-state index in [1.807, 2.05) is 35.2 Å². The fourth-order valence-corrected chi connectivity index (χ4v) is 5.05. The Morgan fingerprint density at radius 1 is 1.06 bits per heavy atom. The van der Waals surface area contributed by atoms with Crippen molar-refractivity contribution in [2.24, 2.45) is 0 Å². The van der Waals surface area contributed by atoms with E-state index in [1.54, 1.807) is 36.4 Å². The molecule has 1 saturated heterocycles. The van der Waals surface area contributed by atoms with Crippen molar-refractivity contribution in [3.05, 3.63) is 64.7 Å². The molecule has 2 aliphatic rings. The molecule has 1 atom stereocenters. The first-order chi connectivity index (χ1) is 16.6. The number of hydrogen-bond acceptors (Lipinski definition) is 6. The highest BCUT2D eigenvalue weighted by molar-refractivity contribution is 5.94. The molecule has 4 rings (SSSR count). The Labute approximate surface area is 204 Å². The zero-order valence-electron chi connectivity index (χ0n) is 20.2. The Hall–Kier alpha value is -3.01. The summed E-state index contributed by atoms with van der Waals surface area (Å²) in [5.41, 5.74) is 3.91. The van der Waals surface area contributed by atoms with Crippen molar-refractivity contribution in [2.75, 3.05) is 45.8 Å². The largest absolute Gasteiger partial charge is 0.508 e. The molecule has 2 heterocycles. The van der Waals surface area contributed by atoms with Crippen LogP contribution in [0.3, 0.4) is 0 Å². The Bertz CT molecular complexity index is 1060. The number of amides is 2. The molecule has 0 aliphatic carbocycles. The van der Waals surface area contributed by atoms with Gasteiger partial charge < -0.3 is 10.0 Å². The number of nitrogens with one attached hydrogen (secondary N) is 1. The maximum Gasteiger partial charge on any atom is 0.257 e. The van der Waals surface area contributed by atoms with Gasteiger partial charge in [0.15, 0.2) is 0 Å². The lowest BCUT2D eigenvalue weighted by molar-refractivity contribution is -0.130. The molecule has 2 aromatic carbocycles. The van der Waals surface area contributed by atoms with Crippen LogP contribution in [0.4, 0.5) is 4.39 Å². The number of nitrogens with zero attached hydrogens (tertiary/aromatic N) is 3. The molecular formula is C26H33FN4O4. The van der Waals surface area contributed by atoms with Crippen LogP contribution in [-0.2, 0) is 11.2 Å². The first kappa shape index (κ1) is 25.1. The van der Waals surface area contributed by atoms with Crippen LogP contribution in [0.1, 0.15) is 46.9 Å². The predicted molar refractivity (Wildman–Crippen MR) is 129 cm³/mol. The minimum atomic E-state index is -1.36. The van der Waals surface area contributed by atoms with E-state index in [0.717, 1.165) is 23.1 Å². The number of carbonyl (C=O) groups is 2. The smallest absolute Gasteiger partial charge is 0.257 e. The number of hydroxylamine groups is 1. The van der Waals surface area contributed by atoms with Gasteiger partial charge in [0.1, 0.15) is 11.4 Å². The highest BCUT2D eigenvalue weighted by atomic mass is 19.1. The van der Waals surface area contributed by atoms with Gasteiger partial charge in [-0.1, -0.05) is 18.2 Å². The van der Waals surface area contributed by atoms with Crippen molar-refractivity contribution in [2.45, 2.75) is 32.0 Å². The van der Waals surface area contributed by atoms with Gasteiger partial charge in [0.2, 0.25) is 0 Å². The molecule has 2 amide bonds. The third-order valence-corrected chi connectivity index (χ3v) is 6.66. The number of benzene rings is 2. The van der Waals surface area contributed by atoms with E-state index in [0.29, 0.717) is 38.3 Å². The van der Waals surface area contributed by atoms with Crippen molar-refractivity contribution in [1.82, 2.24) is 20.2 Å². The summed E-state index contributed by atoms with van der Waals surface area (Å²) >= 11 is 0. The second-order valence-corrected chi connectivity index (χ2v) is 9.95. The molecular weight excluding hydrogens is 451 g/mol. The molecule has 0 saturated carbocycles. The van der Waals surface area contributed by atoms with Gasteiger partial charge in [0.05, 0.1) is 12.6 Å². The zero-order chi connectivity index (χ0) is 25.2. The Balaban J connectivity index is 1.51. The van der Waals surface area contributed by atoms with E-state index < -0.39 is 11.6 Å². The summed E-state index contributed by atoms with van der Waals surface area (Å²) in [5, 5.41) is 18.6. The summed E-state index contributed by atoms with van der Waals surface area (Å²) < 4.78 is 14.6. The molecule has 2 aromatic rings. The molecule has 0 bridgehead atoms. The minimum Gasteiger partial charge on any atom is -0.508 e. The van der Waals surface area contributed by atoms with Crippen LogP contribution >= 0.6 is 0 Å². The Morgan fingerprint density at radius 3 is 2.37 bits per heavy atom. The molecule has 9 heteroatoms. The number of phenols is 1. The quantitative estimate of drug-likeness (QED) is 0.430. The van der Waals surface area contributed by atoms with E-state index >= 15 is 0 Å². The molecule has 0 aromatic heterocycles. The Morgan fingerprint density at radius 2 is 1.74 bits per heavy atom. The lowest BCUT2D eigenvalue weighted by atomic mass is 9.87. The van der Waals surface area contributed by atoms with Crippen LogP contribution in [-0.4, -0.2) is 88.3 Å². The van der Waals surface area contributed by atoms with Gasteiger partial charge in [-0.15, -0.1) is 0 Å². The van der Waals surface area contributed by atoms with Crippen molar-refractivity contribution in [3.63, 3.8) is 0 Å². The zero-order valence-corrected chi connectivity index (χ0v) is 20.2. The molecule has 35 heavy (non-hydrogen) atoms. The predicted octanol–water partition coefficient (Wildman–Crippen LogP) is 2.35. The number of rotatable bonds is 6. The maximum absolute atomic E-state index is 14.6. The average molecular weight is 485 g/mol. The summed E-state index contributed by atoms with van der Waals surface area (Å²) in [5.74, 6) is -0.316. The van der Waals surface area contributed by atoms with Gasteiger partial charge >= 0.3 is 0 Å². The average Bonchev–Trinajstić information content (AvgIpc) is 2.83. The molecule has 1 fully saturated rings. The van der Waals surface area contributed by atoms with Gasteiger partial charge in [-0.2, -0.15) is 0 Å². The van der Waals surface area contributed by atoms with Crippen molar-refractivity contribution in [3.8, 4) is 5.75 Å². The number of halogens is 1. The highest BCUT2D eigenvalue weighted by Gasteiger charge is 2.33. The van der Waals surface area contributed by atoms with Crippen LogP contribution in [0.5, 0.6) is 5.75 Å². The number of phenolic OH excluding ortho intramolecular Hbond substituents is 1. The van der Waals surface area contributed by atoms with Gasteiger partial charge in [-0.3, -0.25) is 24.6 Å². The Kier molecular flexibility index (Phi) is 7.39. The van der Waals surface area contributed by atoms with Crippen LogP contribution in [0, 0.1) is 0 Å². The van der Waals surface area contributed by atoms with Gasteiger partial charge in [-0.25, -0.2) is 9.87 Å². The van der Waals surface area contributed by atoms with Crippen LogP contribution < -0.4 is 5.48 Å². The standard InChI is InChI=1S/C26H33FN4O4/c1-26(2,27)17-31-10-9-20-15-21(32)7-8-22(20)24(31)18-3-5-19(6-4-18)25(34)30-13-11-29(12-14-30)16-23(33)28-35/h3-8,15,24,32,35H,9-14,16-17H2,1-2H3,(H,28,33). The molecule has 8 nitrogen and oxygen atoms in total. The number of piperazine rings is 1. The first-order valence-electron chi connectivity index (χ1n) is 11.9.